The molecule has 2 amide bonds. The molecule has 1 aromatic carbocycles. The summed E-state index contributed by atoms with van der Waals surface area (Å²) in [5.41, 5.74) is 8.20. The van der Waals surface area contributed by atoms with E-state index < -0.39 is 0 Å². The monoisotopic (exact) mass is 265 g/mol. The van der Waals surface area contributed by atoms with E-state index in [-0.39, 0.29) is 18.2 Å². The third-order valence-corrected chi connectivity index (χ3v) is 2.70. The highest BCUT2D eigenvalue weighted by Crippen LogP contribution is 2.09. The molecule has 6 heteroatoms. The highest BCUT2D eigenvalue weighted by molar-refractivity contribution is 5.98. The summed E-state index contributed by atoms with van der Waals surface area (Å²) in [7, 11) is 0. The van der Waals surface area contributed by atoms with Gasteiger partial charge >= 0.3 is 0 Å². The Morgan fingerprint density at radius 2 is 1.89 bits per heavy atom. The summed E-state index contributed by atoms with van der Waals surface area (Å²) in [6, 6.07) is 6.90. The van der Waals surface area contributed by atoms with Crippen molar-refractivity contribution in [2.75, 3.05) is 12.3 Å². The van der Waals surface area contributed by atoms with Gasteiger partial charge in [0.15, 0.2) is 0 Å². The number of benzene rings is 1. The third kappa shape index (κ3) is 5.39. The number of para-hydroxylation sites is 1. The summed E-state index contributed by atoms with van der Waals surface area (Å²) in [4.78, 5) is 22.5. The van der Waals surface area contributed by atoms with Crippen LogP contribution >= 0.6 is 0 Å². The average Bonchev–Trinajstić information content (AvgIpc) is 2.42. The molecule has 0 aromatic heterocycles. The van der Waals surface area contributed by atoms with Crippen LogP contribution in [0.15, 0.2) is 24.3 Å². The van der Waals surface area contributed by atoms with E-state index in [0.717, 1.165) is 12.8 Å². The lowest BCUT2D eigenvalue weighted by Crippen LogP contribution is -2.25. The maximum Gasteiger partial charge on any atom is 0.253 e. The quantitative estimate of drug-likeness (QED) is 0.256. The summed E-state index contributed by atoms with van der Waals surface area (Å²) >= 11 is 0. The van der Waals surface area contributed by atoms with Crippen LogP contribution in [0.5, 0.6) is 0 Å². The van der Waals surface area contributed by atoms with Gasteiger partial charge in [0.25, 0.3) is 5.91 Å². The topological polar surface area (TPSA) is 104 Å². The number of amides is 2. The highest BCUT2D eigenvalue weighted by atomic mass is 16.5. The summed E-state index contributed by atoms with van der Waals surface area (Å²) in [5, 5.41) is 11.1. The molecule has 0 unspecified atom stereocenters. The molecular formula is C13H19N3O3. The number of rotatable bonds is 7. The van der Waals surface area contributed by atoms with Crippen LogP contribution in [0.3, 0.4) is 0 Å². The van der Waals surface area contributed by atoms with E-state index in [1.807, 2.05) is 0 Å². The van der Waals surface area contributed by atoms with Crippen LogP contribution in [0, 0.1) is 0 Å². The molecule has 0 bridgehead atoms. The Morgan fingerprint density at radius 3 is 2.58 bits per heavy atom. The predicted octanol–water partition coefficient (Wildman–Crippen LogP) is 1.06. The van der Waals surface area contributed by atoms with Crippen molar-refractivity contribution in [3.8, 4) is 0 Å². The molecule has 0 spiro atoms. The highest BCUT2D eigenvalue weighted by Gasteiger charge is 2.07. The fourth-order valence-electron chi connectivity index (χ4n) is 1.64. The first-order chi connectivity index (χ1) is 9.15. The van der Waals surface area contributed by atoms with E-state index in [4.69, 9.17) is 10.9 Å². The smallest absolute Gasteiger partial charge is 0.253 e. The first-order valence-electron chi connectivity index (χ1n) is 6.20. The Hall–Kier alpha value is -2.08. The van der Waals surface area contributed by atoms with Crippen molar-refractivity contribution in [1.29, 1.82) is 0 Å². The van der Waals surface area contributed by atoms with Gasteiger partial charge in [-0.25, -0.2) is 5.48 Å². The molecule has 0 saturated heterocycles. The van der Waals surface area contributed by atoms with E-state index in [2.05, 4.69) is 5.32 Å². The number of hydrogen-bond donors (Lipinski definition) is 4. The van der Waals surface area contributed by atoms with Gasteiger partial charge in [0.1, 0.15) is 0 Å². The largest absolute Gasteiger partial charge is 0.398 e. The fourth-order valence-corrected chi connectivity index (χ4v) is 1.64. The van der Waals surface area contributed by atoms with Crippen molar-refractivity contribution in [3.63, 3.8) is 0 Å². The van der Waals surface area contributed by atoms with Crippen molar-refractivity contribution in [3.05, 3.63) is 29.8 Å². The van der Waals surface area contributed by atoms with Crippen molar-refractivity contribution in [1.82, 2.24) is 10.8 Å². The Kier molecular flexibility index (Phi) is 6.38. The molecule has 1 aromatic rings. The molecule has 5 N–H and O–H groups in total. The molecule has 0 aliphatic heterocycles. The summed E-state index contributed by atoms with van der Waals surface area (Å²) in [6.45, 7) is 0.536. The van der Waals surface area contributed by atoms with Crippen LogP contribution in [0.4, 0.5) is 5.69 Å². The Labute approximate surface area is 111 Å². The van der Waals surface area contributed by atoms with Gasteiger partial charge in [0.05, 0.1) is 5.56 Å². The summed E-state index contributed by atoms with van der Waals surface area (Å²) < 4.78 is 0. The first kappa shape index (κ1) is 15.0. The normalized spacial score (nSPS) is 9.95. The van der Waals surface area contributed by atoms with Gasteiger partial charge in [0.2, 0.25) is 5.91 Å². The van der Waals surface area contributed by atoms with Crippen LogP contribution in [0.2, 0.25) is 0 Å². The predicted molar refractivity (Wildman–Crippen MR) is 71.6 cm³/mol. The number of carbonyl (C=O) groups is 2. The van der Waals surface area contributed by atoms with Crippen molar-refractivity contribution >= 4 is 17.5 Å². The lowest BCUT2D eigenvalue weighted by molar-refractivity contribution is -0.129. The molecule has 0 aliphatic rings. The number of nitrogens with two attached hydrogens (primary N) is 1. The molecule has 0 fully saturated rings. The zero-order valence-electron chi connectivity index (χ0n) is 10.7. The van der Waals surface area contributed by atoms with Crippen molar-refractivity contribution < 1.29 is 14.8 Å². The number of nitrogens with one attached hydrogen (secondary N) is 2. The van der Waals surface area contributed by atoms with E-state index in [1.165, 1.54) is 0 Å². The molecule has 0 radical (unpaired) electrons. The Morgan fingerprint density at radius 1 is 1.16 bits per heavy atom. The second-order valence-corrected chi connectivity index (χ2v) is 4.19. The molecule has 0 aliphatic carbocycles. The fraction of sp³-hybridized carbons (Fsp3) is 0.385. The zero-order chi connectivity index (χ0) is 14.1. The van der Waals surface area contributed by atoms with Crippen LogP contribution < -0.4 is 16.5 Å². The molecule has 1 rings (SSSR count). The van der Waals surface area contributed by atoms with Gasteiger partial charge in [0, 0.05) is 18.7 Å². The number of hydroxylamine groups is 1. The van der Waals surface area contributed by atoms with Gasteiger partial charge in [-0.05, 0) is 25.0 Å². The van der Waals surface area contributed by atoms with Crippen molar-refractivity contribution in [2.24, 2.45) is 0 Å². The van der Waals surface area contributed by atoms with Gasteiger partial charge in [-0.15, -0.1) is 0 Å². The lowest BCUT2D eigenvalue weighted by Gasteiger charge is -2.07. The van der Waals surface area contributed by atoms with Gasteiger partial charge in [-0.2, -0.15) is 0 Å². The third-order valence-electron chi connectivity index (χ3n) is 2.70. The van der Waals surface area contributed by atoms with Gasteiger partial charge in [-0.3, -0.25) is 14.8 Å². The molecule has 104 valence electrons. The molecule has 0 atom stereocenters. The standard InChI is InChI=1S/C13H19N3O3/c14-11-7-4-3-6-10(11)13(18)15-9-5-1-2-8-12(17)16-19/h3-4,6-7,19H,1-2,5,8-9,14H2,(H,15,18)(H,16,17). The van der Waals surface area contributed by atoms with Crippen LogP contribution in [-0.2, 0) is 4.79 Å². The maximum atomic E-state index is 11.8. The van der Waals surface area contributed by atoms with E-state index >= 15 is 0 Å². The molecule has 0 saturated carbocycles. The molecule has 0 heterocycles. The second kappa shape index (κ2) is 8.10. The Balaban J connectivity index is 2.18. The van der Waals surface area contributed by atoms with Crippen LogP contribution in [-0.4, -0.2) is 23.6 Å². The number of carbonyl (C=O) groups excluding carboxylic acids is 2. The minimum atomic E-state index is -0.388. The minimum Gasteiger partial charge on any atom is -0.398 e. The van der Waals surface area contributed by atoms with Gasteiger partial charge < -0.3 is 11.1 Å². The maximum absolute atomic E-state index is 11.8. The first-order valence-corrected chi connectivity index (χ1v) is 6.20. The van der Waals surface area contributed by atoms with E-state index in [0.29, 0.717) is 24.2 Å². The second-order valence-electron chi connectivity index (χ2n) is 4.19. The minimum absolute atomic E-state index is 0.189. The molecule has 19 heavy (non-hydrogen) atoms. The van der Waals surface area contributed by atoms with Gasteiger partial charge in [-0.1, -0.05) is 18.6 Å². The number of unbranched alkanes of at least 4 members (excludes halogenated alkanes) is 2. The molecular weight excluding hydrogens is 246 g/mol. The summed E-state index contributed by atoms with van der Waals surface area (Å²) in [6.07, 6.45) is 2.54. The van der Waals surface area contributed by atoms with Crippen LogP contribution in [0.1, 0.15) is 36.0 Å². The SMILES string of the molecule is Nc1ccccc1C(=O)NCCCCCC(=O)NO. The van der Waals surface area contributed by atoms with Crippen molar-refractivity contribution in [2.45, 2.75) is 25.7 Å². The molecule has 6 nitrogen and oxygen atoms in total. The van der Waals surface area contributed by atoms with E-state index in [9.17, 15) is 9.59 Å². The van der Waals surface area contributed by atoms with Crippen LogP contribution in [0.25, 0.3) is 0 Å². The lowest BCUT2D eigenvalue weighted by atomic mass is 10.1. The number of hydrogen-bond acceptors (Lipinski definition) is 4. The summed E-state index contributed by atoms with van der Waals surface area (Å²) in [5.74, 6) is -0.577. The zero-order valence-corrected chi connectivity index (χ0v) is 10.7. The van der Waals surface area contributed by atoms with E-state index in [1.54, 1.807) is 29.7 Å². The average molecular weight is 265 g/mol. The number of anilines is 1. The number of nitrogen functional groups attached to an aromatic ring is 1. The Bertz CT molecular complexity index is 435.